The van der Waals surface area contributed by atoms with Crippen molar-refractivity contribution in [2.45, 2.75) is 32.6 Å². The molecule has 5 nitrogen and oxygen atoms in total. The molecule has 0 aromatic heterocycles. The van der Waals surface area contributed by atoms with Gasteiger partial charge < -0.3 is 20.0 Å². The lowest BCUT2D eigenvalue weighted by molar-refractivity contribution is -0.312. The molecule has 1 aromatic carbocycles. The molecule has 0 saturated heterocycles. The highest BCUT2D eigenvalue weighted by atomic mass is 16.5. The molecule has 0 saturated carbocycles. The van der Waals surface area contributed by atoms with Crippen LogP contribution in [0.5, 0.6) is 5.75 Å². The summed E-state index contributed by atoms with van der Waals surface area (Å²) in [4.78, 5) is 22.7. The van der Waals surface area contributed by atoms with Gasteiger partial charge in [0.2, 0.25) is 5.91 Å². The molecule has 0 bridgehead atoms. The molecule has 0 unspecified atom stereocenters. The zero-order valence-electron chi connectivity index (χ0n) is 11.8. The summed E-state index contributed by atoms with van der Waals surface area (Å²) in [6.45, 7) is 1.91. The molecule has 1 aromatic rings. The van der Waals surface area contributed by atoms with Crippen LogP contribution >= 0.6 is 0 Å². The lowest BCUT2D eigenvalue weighted by Crippen LogP contribution is -2.32. The monoisotopic (exact) mass is 278 g/mol. The number of rotatable bonds is 8. The van der Waals surface area contributed by atoms with E-state index in [0.717, 1.165) is 6.42 Å². The lowest BCUT2D eigenvalue weighted by Gasteiger charge is -2.17. The van der Waals surface area contributed by atoms with Gasteiger partial charge in [0.15, 0.2) is 0 Å². The molecule has 0 spiro atoms. The predicted octanol–water partition coefficient (Wildman–Crippen LogP) is 1.58. The van der Waals surface area contributed by atoms with Crippen molar-refractivity contribution < 1.29 is 19.4 Å². The number of methoxy groups -OCH3 is 1. The van der Waals surface area contributed by atoms with Gasteiger partial charge in [-0.3, -0.25) is 4.79 Å². The molecule has 1 amide bonds. The second-order valence-corrected chi connectivity index (χ2v) is 4.59. The number of aliphatic carboxylic acids is 1. The van der Waals surface area contributed by atoms with Gasteiger partial charge in [-0.15, -0.1) is 0 Å². The number of carboxylic acid groups (broad SMARTS) is 1. The van der Waals surface area contributed by atoms with E-state index in [-0.39, 0.29) is 18.7 Å². The quantitative estimate of drug-likeness (QED) is 0.783. The number of amides is 1. The second kappa shape index (κ2) is 8.19. The molecule has 0 heterocycles. The molecule has 0 radical (unpaired) electrons. The third-order valence-corrected chi connectivity index (χ3v) is 3.07. The van der Waals surface area contributed by atoms with Crippen LogP contribution in [0.25, 0.3) is 0 Å². The highest BCUT2D eigenvalue weighted by Gasteiger charge is 2.12. The van der Waals surface area contributed by atoms with Crippen molar-refractivity contribution in [2.24, 2.45) is 5.92 Å². The Bertz CT molecular complexity index is 459. The van der Waals surface area contributed by atoms with E-state index >= 15 is 0 Å². The number of anilines is 1. The first kappa shape index (κ1) is 16.0. The largest absolute Gasteiger partial charge is 0.550 e. The van der Waals surface area contributed by atoms with E-state index in [4.69, 9.17) is 4.74 Å². The molecule has 0 aliphatic rings. The number of hydrogen-bond acceptors (Lipinski definition) is 4. The van der Waals surface area contributed by atoms with Gasteiger partial charge in [0.05, 0.1) is 12.8 Å². The minimum Gasteiger partial charge on any atom is -0.550 e. The molecule has 5 heteroatoms. The summed E-state index contributed by atoms with van der Waals surface area (Å²) in [5.74, 6) is -1.30. The Morgan fingerprint density at radius 3 is 2.60 bits per heavy atom. The van der Waals surface area contributed by atoms with Gasteiger partial charge >= 0.3 is 0 Å². The van der Waals surface area contributed by atoms with E-state index in [9.17, 15) is 14.7 Å². The SMILES string of the molecule is CCC[C@H](CCC(=O)Nc1ccccc1OC)C(=O)[O-]. The zero-order valence-corrected chi connectivity index (χ0v) is 11.8. The minimum atomic E-state index is -1.09. The molecule has 1 atom stereocenters. The fourth-order valence-electron chi connectivity index (χ4n) is 1.99. The van der Waals surface area contributed by atoms with Crippen molar-refractivity contribution in [2.75, 3.05) is 12.4 Å². The van der Waals surface area contributed by atoms with Crippen molar-refractivity contribution in [3.63, 3.8) is 0 Å². The van der Waals surface area contributed by atoms with Gasteiger partial charge in [0, 0.05) is 12.4 Å². The molecule has 0 fully saturated rings. The summed E-state index contributed by atoms with van der Waals surface area (Å²) < 4.78 is 5.13. The maximum absolute atomic E-state index is 11.8. The number of carbonyl (C=O) groups excluding carboxylic acids is 2. The zero-order chi connectivity index (χ0) is 15.0. The van der Waals surface area contributed by atoms with Gasteiger partial charge in [0.1, 0.15) is 5.75 Å². The van der Waals surface area contributed by atoms with Crippen molar-refractivity contribution in [3.8, 4) is 5.75 Å². The minimum absolute atomic E-state index is 0.149. The van der Waals surface area contributed by atoms with E-state index in [0.29, 0.717) is 17.9 Å². The Morgan fingerprint density at radius 1 is 1.30 bits per heavy atom. The van der Waals surface area contributed by atoms with Crippen molar-refractivity contribution in [1.82, 2.24) is 0 Å². The van der Waals surface area contributed by atoms with Crippen LogP contribution in [0.15, 0.2) is 24.3 Å². The van der Waals surface area contributed by atoms with E-state index in [1.807, 2.05) is 13.0 Å². The molecule has 1 rings (SSSR count). The highest BCUT2D eigenvalue weighted by molar-refractivity contribution is 5.92. The molecule has 0 aliphatic heterocycles. The van der Waals surface area contributed by atoms with Crippen LogP contribution in [-0.2, 0) is 9.59 Å². The topological polar surface area (TPSA) is 78.5 Å². The Kier molecular flexibility index (Phi) is 6.56. The van der Waals surface area contributed by atoms with Crippen LogP contribution in [0.3, 0.4) is 0 Å². The molecular formula is C15H20NO4-. The number of ether oxygens (including phenoxy) is 1. The van der Waals surface area contributed by atoms with Crippen LogP contribution in [0.4, 0.5) is 5.69 Å². The molecule has 1 N–H and O–H groups in total. The summed E-state index contributed by atoms with van der Waals surface area (Å²) in [5.41, 5.74) is 0.584. The third kappa shape index (κ3) is 4.91. The predicted molar refractivity (Wildman–Crippen MR) is 74.3 cm³/mol. The normalized spacial score (nSPS) is 11.7. The van der Waals surface area contributed by atoms with Crippen LogP contribution in [0, 0.1) is 5.92 Å². The average molecular weight is 278 g/mol. The number of carboxylic acids is 1. The van der Waals surface area contributed by atoms with Crippen LogP contribution in [-0.4, -0.2) is 19.0 Å². The average Bonchev–Trinajstić information content (AvgIpc) is 2.43. The van der Waals surface area contributed by atoms with Crippen molar-refractivity contribution in [3.05, 3.63) is 24.3 Å². The maximum Gasteiger partial charge on any atom is 0.224 e. The highest BCUT2D eigenvalue weighted by Crippen LogP contribution is 2.23. The van der Waals surface area contributed by atoms with Gasteiger partial charge in [-0.25, -0.2) is 0 Å². The standard InChI is InChI=1S/C15H21NO4/c1-3-6-11(15(18)19)9-10-14(17)16-12-7-4-5-8-13(12)20-2/h4-5,7-8,11H,3,6,9-10H2,1-2H3,(H,16,17)(H,18,19)/p-1/t11-/m1/s1. The van der Waals surface area contributed by atoms with E-state index < -0.39 is 11.9 Å². The van der Waals surface area contributed by atoms with Gasteiger partial charge in [-0.05, 0) is 30.9 Å². The number of hydrogen-bond donors (Lipinski definition) is 1. The van der Waals surface area contributed by atoms with Gasteiger partial charge in [-0.1, -0.05) is 25.5 Å². The lowest BCUT2D eigenvalue weighted by atomic mass is 9.98. The summed E-state index contributed by atoms with van der Waals surface area (Å²) in [7, 11) is 1.53. The molecule has 110 valence electrons. The first-order valence-corrected chi connectivity index (χ1v) is 6.72. The summed E-state index contributed by atoms with van der Waals surface area (Å²) in [6, 6.07) is 7.08. The molecular weight excluding hydrogens is 258 g/mol. The van der Waals surface area contributed by atoms with E-state index in [2.05, 4.69) is 5.32 Å². The first-order valence-electron chi connectivity index (χ1n) is 6.72. The molecule has 20 heavy (non-hydrogen) atoms. The van der Waals surface area contributed by atoms with Crippen LogP contribution in [0.1, 0.15) is 32.6 Å². The summed E-state index contributed by atoms with van der Waals surface area (Å²) >= 11 is 0. The number of carbonyl (C=O) groups is 2. The van der Waals surface area contributed by atoms with Gasteiger partial charge in [-0.2, -0.15) is 0 Å². The summed E-state index contributed by atoms with van der Waals surface area (Å²) in [6.07, 6.45) is 1.73. The van der Waals surface area contributed by atoms with Crippen molar-refractivity contribution in [1.29, 1.82) is 0 Å². The third-order valence-electron chi connectivity index (χ3n) is 3.07. The smallest absolute Gasteiger partial charge is 0.224 e. The van der Waals surface area contributed by atoms with Crippen LogP contribution < -0.4 is 15.2 Å². The number of para-hydroxylation sites is 2. The van der Waals surface area contributed by atoms with E-state index in [1.165, 1.54) is 7.11 Å². The first-order chi connectivity index (χ1) is 9.58. The number of benzene rings is 1. The number of nitrogens with one attached hydrogen (secondary N) is 1. The summed E-state index contributed by atoms with van der Waals surface area (Å²) in [5, 5.41) is 13.6. The maximum atomic E-state index is 11.8. The molecule has 0 aliphatic carbocycles. The van der Waals surface area contributed by atoms with Crippen LogP contribution in [0.2, 0.25) is 0 Å². The van der Waals surface area contributed by atoms with Crippen molar-refractivity contribution >= 4 is 17.6 Å². The fourth-order valence-corrected chi connectivity index (χ4v) is 1.99. The Balaban J connectivity index is 2.53. The second-order valence-electron chi connectivity index (χ2n) is 4.59. The van der Waals surface area contributed by atoms with Gasteiger partial charge in [0.25, 0.3) is 0 Å². The Hall–Kier alpha value is -2.04. The Labute approximate surface area is 118 Å². The van der Waals surface area contributed by atoms with E-state index in [1.54, 1.807) is 18.2 Å². The Morgan fingerprint density at radius 2 is 2.00 bits per heavy atom. The fraction of sp³-hybridized carbons (Fsp3) is 0.467.